The quantitative estimate of drug-likeness (QED) is 0.727. The summed E-state index contributed by atoms with van der Waals surface area (Å²) in [5, 5.41) is 0.245. The maximum absolute atomic E-state index is 11.4. The summed E-state index contributed by atoms with van der Waals surface area (Å²) in [7, 11) is 2.98. The lowest BCUT2D eigenvalue weighted by molar-refractivity contribution is 0.0535. The summed E-state index contributed by atoms with van der Waals surface area (Å²) >= 11 is 6.03. The number of carbonyl (C=O) groups excluding carboxylic acids is 1. The molecule has 1 aromatic carbocycles. The van der Waals surface area contributed by atoms with Crippen LogP contribution in [0, 0.1) is 0 Å². The van der Waals surface area contributed by atoms with Crippen molar-refractivity contribution in [1.82, 2.24) is 0 Å². The lowest BCUT2D eigenvalue weighted by Crippen LogP contribution is -1.99. The number of ether oxygens (including phenoxy) is 3. The third-order valence-corrected chi connectivity index (χ3v) is 2.62. The van der Waals surface area contributed by atoms with Crippen LogP contribution in [0.25, 0.3) is 0 Å². The fourth-order valence-electron chi connectivity index (χ4n) is 1.55. The highest BCUT2D eigenvalue weighted by Gasteiger charge is 2.29. The van der Waals surface area contributed by atoms with E-state index < -0.39 is 5.97 Å². The molecule has 0 spiro atoms. The zero-order valence-corrected chi connectivity index (χ0v) is 9.05. The van der Waals surface area contributed by atoms with Gasteiger partial charge in [-0.05, 0) is 6.07 Å². The first-order chi connectivity index (χ1) is 7.19. The van der Waals surface area contributed by atoms with E-state index in [1.807, 2.05) is 0 Å². The molecule has 5 heteroatoms. The number of methoxy groups -OCH3 is 2. The van der Waals surface area contributed by atoms with E-state index in [2.05, 4.69) is 0 Å². The van der Waals surface area contributed by atoms with Gasteiger partial charge in [0, 0.05) is 5.56 Å². The second-order valence-electron chi connectivity index (χ2n) is 3.04. The van der Waals surface area contributed by atoms with Crippen molar-refractivity contribution in [2.24, 2.45) is 0 Å². The highest BCUT2D eigenvalue weighted by atomic mass is 35.5. The second kappa shape index (κ2) is 3.62. The van der Waals surface area contributed by atoms with Crippen LogP contribution in [0.2, 0.25) is 5.02 Å². The molecular formula is C10H9ClO4. The van der Waals surface area contributed by atoms with Gasteiger partial charge in [0.25, 0.3) is 0 Å². The number of hydrogen-bond acceptors (Lipinski definition) is 4. The average molecular weight is 229 g/mol. The maximum Gasteiger partial charge on any atom is 0.340 e. The van der Waals surface area contributed by atoms with Crippen LogP contribution in [0.5, 0.6) is 11.5 Å². The van der Waals surface area contributed by atoms with Gasteiger partial charge in [-0.25, -0.2) is 4.79 Å². The Bertz CT molecular complexity index is 428. The number of carbonyl (C=O) groups is 1. The monoisotopic (exact) mass is 228 g/mol. The minimum atomic E-state index is -0.420. The molecule has 80 valence electrons. The van der Waals surface area contributed by atoms with Gasteiger partial charge in [0.15, 0.2) is 11.5 Å². The lowest BCUT2D eigenvalue weighted by Gasteiger charge is -2.10. The van der Waals surface area contributed by atoms with Gasteiger partial charge < -0.3 is 14.2 Å². The average Bonchev–Trinajstić information content (AvgIpc) is 2.60. The van der Waals surface area contributed by atoms with Gasteiger partial charge in [-0.3, -0.25) is 0 Å². The molecule has 0 fully saturated rings. The van der Waals surface area contributed by atoms with Gasteiger partial charge >= 0.3 is 5.97 Å². The summed E-state index contributed by atoms with van der Waals surface area (Å²) in [6, 6.07) is 1.70. The first kappa shape index (κ1) is 10.1. The van der Waals surface area contributed by atoms with Crippen molar-refractivity contribution in [3.05, 3.63) is 22.2 Å². The molecule has 0 aromatic heterocycles. The highest BCUT2D eigenvalue weighted by Crippen LogP contribution is 2.41. The Morgan fingerprint density at radius 2 is 2.13 bits per heavy atom. The van der Waals surface area contributed by atoms with E-state index in [0.717, 1.165) is 5.56 Å². The topological polar surface area (TPSA) is 44.8 Å². The predicted molar refractivity (Wildman–Crippen MR) is 53.7 cm³/mol. The first-order valence-corrected chi connectivity index (χ1v) is 4.67. The third kappa shape index (κ3) is 1.41. The van der Waals surface area contributed by atoms with Gasteiger partial charge in [-0.2, -0.15) is 0 Å². The Hall–Kier alpha value is -1.42. The summed E-state index contributed by atoms with van der Waals surface area (Å²) < 4.78 is 15.0. The fourth-order valence-corrected chi connectivity index (χ4v) is 1.92. The molecule has 1 aliphatic heterocycles. The lowest BCUT2D eigenvalue weighted by atomic mass is 10.1. The Balaban J connectivity index is 2.67. The van der Waals surface area contributed by atoms with Crippen LogP contribution in [-0.2, 0) is 11.3 Å². The fraction of sp³-hybridized carbons (Fsp3) is 0.300. The van der Waals surface area contributed by atoms with Crippen LogP contribution in [0.3, 0.4) is 0 Å². The second-order valence-corrected chi connectivity index (χ2v) is 3.41. The third-order valence-electron chi connectivity index (χ3n) is 2.26. The molecule has 0 N–H and O–H groups in total. The number of fused-ring (bicyclic) bond motifs is 1. The Morgan fingerprint density at radius 3 is 2.73 bits per heavy atom. The van der Waals surface area contributed by atoms with Gasteiger partial charge in [-0.1, -0.05) is 11.6 Å². The van der Waals surface area contributed by atoms with E-state index in [4.69, 9.17) is 25.8 Å². The number of benzene rings is 1. The van der Waals surface area contributed by atoms with Crippen molar-refractivity contribution >= 4 is 17.6 Å². The number of esters is 1. The maximum atomic E-state index is 11.4. The van der Waals surface area contributed by atoms with Crippen LogP contribution in [0.15, 0.2) is 6.07 Å². The Kier molecular flexibility index (Phi) is 2.44. The van der Waals surface area contributed by atoms with Crippen LogP contribution in [0.1, 0.15) is 15.9 Å². The minimum absolute atomic E-state index is 0.230. The molecule has 0 bridgehead atoms. The largest absolute Gasteiger partial charge is 0.493 e. The zero-order chi connectivity index (χ0) is 11.0. The van der Waals surface area contributed by atoms with Crippen LogP contribution in [-0.4, -0.2) is 20.2 Å². The van der Waals surface area contributed by atoms with E-state index in [9.17, 15) is 4.79 Å². The van der Waals surface area contributed by atoms with Gasteiger partial charge in [0.1, 0.15) is 11.6 Å². The van der Waals surface area contributed by atoms with Crippen molar-refractivity contribution in [2.45, 2.75) is 6.61 Å². The SMILES string of the molecule is COc1cc2c(c(Cl)c1OC)C(=O)OC2. The summed E-state index contributed by atoms with van der Waals surface area (Å²) in [6.07, 6.45) is 0. The smallest absolute Gasteiger partial charge is 0.340 e. The number of rotatable bonds is 2. The van der Waals surface area contributed by atoms with E-state index in [-0.39, 0.29) is 11.6 Å². The summed E-state index contributed by atoms with van der Waals surface area (Å²) in [5.41, 5.74) is 1.09. The molecule has 0 unspecified atom stereocenters. The normalized spacial score (nSPS) is 13.4. The summed E-state index contributed by atoms with van der Waals surface area (Å²) in [5.74, 6) is 0.437. The zero-order valence-electron chi connectivity index (χ0n) is 8.30. The minimum Gasteiger partial charge on any atom is -0.493 e. The molecule has 1 aromatic rings. The van der Waals surface area contributed by atoms with E-state index >= 15 is 0 Å². The number of halogens is 1. The predicted octanol–water partition coefficient (Wildman–Crippen LogP) is 2.03. The molecule has 0 saturated carbocycles. The molecular weight excluding hydrogens is 220 g/mol. The van der Waals surface area contributed by atoms with Crippen LogP contribution < -0.4 is 9.47 Å². The van der Waals surface area contributed by atoms with Crippen molar-refractivity contribution in [1.29, 1.82) is 0 Å². The number of hydrogen-bond donors (Lipinski definition) is 0. The molecule has 0 radical (unpaired) electrons. The van der Waals surface area contributed by atoms with Gasteiger partial charge in [0.05, 0.1) is 19.8 Å². The molecule has 1 heterocycles. The van der Waals surface area contributed by atoms with Crippen LogP contribution >= 0.6 is 11.6 Å². The molecule has 1 aliphatic rings. The molecule has 0 aliphatic carbocycles. The molecule has 0 saturated heterocycles. The number of cyclic esters (lactones) is 1. The van der Waals surface area contributed by atoms with Crippen molar-refractivity contribution in [3.63, 3.8) is 0 Å². The van der Waals surface area contributed by atoms with E-state index in [1.165, 1.54) is 14.2 Å². The Morgan fingerprint density at radius 1 is 1.40 bits per heavy atom. The first-order valence-electron chi connectivity index (χ1n) is 4.29. The standard InChI is InChI=1S/C10H9ClO4/c1-13-6-3-5-4-15-10(12)7(5)8(11)9(6)14-2/h3H,4H2,1-2H3. The molecule has 2 rings (SSSR count). The highest BCUT2D eigenvalue weighted by molar-refractivity contribution is 6.35. The Labute approximate surface area is 91.7 Å². The molecule has 0 atom stereocenters. The molecule has 15 heavy (non-hydrogen) atoms. The summed E-state index contributed by atoms with van der Waals surface area (Å²) in [4.78, 5) is 11.4. The molecule has 0 amide bonds. The van der Waals surface area contributed by atoms with Crippen molar-refractivity contribution in [2.75, 3.05) is 14.2 Å². The van der Waals surface area contributed by atoms with Crippen LogP contribution in [0.4, 0.5) is 0 Å². The van der Waals surface area contributed by atoms with Gasteiger partial charge in [0.2, 0.25) is 0 Å². The molecule has 4 nitrogen and oxygen atoms in total. The van der Waals surface area contributed by atoms with Gasteiger partial charge in [-0.15, -0.1) is 0 Å². The van der Waals surface area contributed by atoms with E-state index in [0.29, 0.717) is 17.1 Å². The summed E-state index contributed by atoms with van der Waals surface area (Å²) in [6.45, 7) is 0.230. The van der Waals surface area contributed by atoms with E-state index in [1.54, 1.807) is 6.07 Å². The van der Waals surface area contributed by atoms with Crippen molar-refractivity contribution < 1.29 is 19.0 Å². The van der Waals surface area contributed by atoms with Crippen molar-refractivity contribution in [3.8, 4) is 11.5 Å².